The third-order valence-electron chi connectivity index (χ3n) is 4.15. The van der Waals surface area contributed by atoms with Gasteiger partial charge in [-0.05, 0) is 48.5 Å². The largest absolute Gasteiger partial charge is 0.449 e. The molecule has 4 rings (SSSR count). The lowest BCUT2D eigenvalue weighted by molar-refractivity contribution is 0.0977. The normalized spacial score (nSPS) is 10.7. The van der Waals surface area contributed by atoms with E-state index in [-0.39, 0.29) is 33.9 Å². The summed E-state index contributed by atoms with van der Waals surface area (Å²) < 4.78 is 37.4. The first-order valence-electron chi connectivity index (χ1n) is 8.63. The molecule has 0 bridgehead atoms. The molecule has 0 radical (unpaired) electrons. The van der Waals surface area contributed by atoms with E-state index in [9.17, 15) is 18.4 Å². The van der Waals surface area contributed by atoms with Gasteiger partial charge in [0.15, 0.2) is 0 Å². The molecule has 2 aromatic heterocycles. The number of halogens is 2. The zero-order valence-electron chi connectivity index (χ0n) is 15.2. The standard InChI is InChI=1S/C21H13F2N3O4/c22-12-2-5-14(6-3-12)29-17-8-1-11(10-25-17)21(28)26-18-15-9-13(23)4-7-16(15)30-19(18)20(24)27/h1-10H,(H2,24,27)(H,26,28). The third-order valence-corrected chi connectivity index (χ3v) is 4.15. The number of nitrogens with zero attached hydrogens (tertiary/aromatic N) is 1. The number of hydrogen-bond acceptors (Lipinski definition) is 5. The molecule has 7 nitrogen and oxygen atoms in total. The Labute approximate surface area is 168 Å². The van der Waals surface area contributed by atoms with E-state index < -0.39 is 23.4 Å². The molecule has 30 heavy (non-hydrogen) atoms. The molecule has 0 unspecified atom stereocenters. The van der Waals surface area contributed by atoms with Gasteiger partial charge < -0.3 is 20.2 Å². The lowest BCUT2D eigenvalue weighted by Gasteiger charge is -2.07. The van der Waals surface area contributed by atoms with Crippen molar-refractivity contribution in [3.05, 3.63) is 83.8 Å². The number of pyridine rings is 1. The van der Waals surface area contributed by atoms with Gasteiger partial charge in [0.1, 0.15) is 28.7 Å². The predicted molar refractivity (Wildman–Crippen MR) is 103 cm³/mol. The summed E-state index contributed by atoms with van der Waals surface area (Å²) in [7, 11) is 0. The monoisotopic (exact) mass is 409 g/mol. The number of furan rings is 1. The van der Waals surface area contributed by atoms with Gasteiger partial charge in [0.25, 0.3) is 11.8 Å². The fraction of sp³-hybridized carbons (Fsp3) is 0. The van der Waals surface area contributed by atoms with Crippen LogP contribution in [0.5, 0.6) is 11.6 Å². The number of aromatic nitrogens is 1. The van der Waals surface area contributed by atoms with Crippen molar-refractivity contribution in [3.63, 3.8) is 0 Å². The van der Waals surface area contributed by atoms with Crippen LogP contribution in [0.2, 0.25) is 0 Å². The molecular formula is C21H13F2N3O4. The van der Waals surface area contributed by atoms with E-state index in [0.29, 0.717) is 5.75 Å². The van der Waals surface area contributed by atoms with Crippen LogP contribution in [0.4, 0.5) is 14.5 Å². The highest BCUT2D eigenvalue weighted by Crippen LogP contribution is 2.32. The number of hydrogen-bond donors (Lipinski definition) is 2. The van der Waals surface area contributed by atoms with Gasteiger partial charge in [0, 0.05) is 17.6 Å². The average molecular weight is 409 g/mol. The minimum Gasteiger partial charge on any atom is -0.449 e. The second kappa shape index (κ2) is 7.63. The number of primary amides is 1. The molecule has 0 aliphatic heterocycles. The number of nitrogens with two attached hydrogens (primary N) is 1. The molecule has 0 fully saturated rings. The molecule has 2 amide bonds. The fourth-order valence-electron chi connectivity index (χ4n) is 2.75. The fourth-order valence-corrected chi connectivity index (χ4v) is 2.75. The van der Waals surface area contributed by atoms with Gasteiger partial charge in [-0.3, -0.25) is 9.59 Å². The molecule has 2 heterocycles. The van der Waals surface area contributed by atoms with Crippen LogP contribution in [0, 0.1) is 11.6 Å². The van der Waals surface area contributed by atoms with E-state index in [1.54, 1.807) is 0 Å². The van der Waals surface area contributed by atoms with Gasteiger partial charge in [-0.25, -0.2) is 13.8 Å². The van der Waals surface area contributed by atoms with Crippen LogP contribution < -0.4 is 15.8 Å². The van der Waals surface area contributed by atoms with Gasteiger partial charge in [0.05, 0.1) is 5.56 Å². The van der Waals surface area contributed by atoms with Crippen molar-refractivity contribution in [2.75, 3.05) is 5.32 Å². The Morgan fingerprint density at radius 1 is 1.00 bits per heavy atom. The second-order valence-corrected chi connectivity index (χ2v) is 6.21. The number of rotatable bonds is 5. The first-order chi connectivity index (χ1) is 14.4. The SMILES string of the molecule is NC(=O)c1oc2ccc(F)cc2c1NC(=O)c1ccc(Oc2ccc(F)cc2)nc1. The van der Waals surface area contributed by atoms with Crippen molar-refractivity contribution >= 4 is 28.5 Å². The molecule has 3 N–H and O–H groups in total. The van der Waals surface area contributed by atoms with Gasteiger partial charge in [-0.2, -0.15) is 0 Å². The lowest BCUT2D eigenvalue weighted by atomic mass is 10.2. The smallest absolute Gasteiger partial charge is 0.286 e. The Kier molecular flexibility index (Phi) is 4.85. The van der Waals surface area contributed by atoms with Crippen molar-refractivity contribution in [2.24, 2.45) is 5.73 Å². The van der Waals surface area contributed by atoms with E-state index in [4.69, 9.17) is 14.9 Å². The first kappa shape index (κ1) is 19.1. The molecule has 9 heteroatoms. The second-order valence-electron chi connectivity index (χ2n) is 6.21. The summed E-state index contributed by atoms with van der Waals surface area (Å²) in [5.74, 6) is -2.24. The number of ether oxygens (including phenoxy) is 1. The summed E-state index contributed by atoms with van der Waals surface area (Å²) in [6.07, 6.45) is 1.25. The minimum absolute atomic E-state index is 0.0337. The lowest BCUT2D eigenvalue weighted by Crippen LogP contribution is -2.17. The molecule has 2 aromatic carbocycles. The summed E-state index contributed by atoms with van der Waals surface area (Å²) >= 11 is 0. The molecule has 0 saturated carbocycles. The number of nitrogens with one attached hydrogen (secondary N) is 1. The van der Waals surface area contributed by atoms with Crippen molar-refractivity contribution in [1.29, 1.82) is 0 Å². The maximum Gasteiger partial charge on any atom is 0.286 e. The molecular weight excluding hydrogens is 396 g/mol. The Morgan fingerprint density at radius 3 is 2.40 bits per heavy atom. The van der Waals surface area contributed by atoms with Gasteiger partial charge in [-0.1, -0.05) is 0 Å². The molecule has 0 aliphatic carbocycles. The highest BCUT2D eigenvalue weighted by atomic mass is 19.1. The maximum atomic E-state index is 13.6. The number of amides is 2. The predicted octanol–water partition coefficient (Wildman–Crippen LogP) is 4.25. The van der Waals surface area contributed by atoms with Gasteiger partial charge in [-0.15, -0.1) is 0 Å². The summed E-state index contributed by atoms with van der Waals surface area (Å²) in [4.78, 5) is 28.3. The van der Waals surface area contributed by atoms with E-state index >= 15 is 0 Å². The van der Waals surface area contributed by atoms with Gasteiger partial charge in [0.2, 0.25) is 11.6 Å². The first-order valence-corrected chi connectivity index (χ1v) is 8.63. The molecule has 150 valence electrons. The van der Waals surface area contributed by atoms with Crippen LogP contribution in [-0.2, 0) is 0 Å². The Hall–Kier alpha value is -4.27. The highest BCUT2D eigenvalue weighted by Gasteiger charge is 2.21. The summed E-state index contributed by atoms with van der Waals surface area (Å²) in [6.45, 7) is 0. The molecule has 0 saturated heterocycles. The Bertz CT molecular complexity index is 1250. The van der Waals surface area contributed by atoms with E-state index in [0.717, 1.165) is 12.1 Å². The van der Waals surface area contributed by atoms with E-state index in [2.05, 4.69) is 10.3 Å². The number of carbonyl (C=O) groups is 2. The number of anilines is 1. The quantitative estimate of drug-likeness (QED) is 0.512. The Balaban J connectivity index is 1.57. The zero-order valence-corrected chi connectivity index (χ0v) is 15.2. The molecule has 0 aliphatic rings. The van der Waals surface area contributed by atoms with Crippen LogP contribution in [-0.4, -0.2) is 16.8 Å². The van der Waals surface area contributed by atoms with Crippen LogP contribution in [0.15, 0.2) is 65.2 Å². The number of carbonyl (C=O) groups excluding carboxylic acids is 2. The molecule has 0 atom stereocenters. The third kappa shape index (κ3) is 3.81. The summed E-state index contributed by atoms with van der Waals surface area (Å²) in [5, 5.41) is 2.71. The van der Waals surface area contributed by atoms with Crippen LogP contribution >= 0.6 is 0 Å². The van der Waals surface area contributed by atoms with E-state index in [1.165, 1.54) is 48.7 Å². The topological polar surface area (TPSA) is 107 Å². The highest BCUT2D eigenvalue weighted by molar-refractivity contribution is 6.14. The van der Waals surface area contributed by atoms with Crippen LogP contribution in [0.25, 0.3) is 11.0 Å². The van der Waals surface area contributed by atoms with Crippen LogP contribution in [0.1, 0.15) is 20.9 Å². The van der Waals surface area contributed by atoms with E-state index in [1.807, 2.05) is 0 Å². The number of fused-ring (bicyclic) bond motifs is 1. The molecule has 0 spiro atoms. The molecule has 4 aromatic rings. The van der Waals surface area contributed by atoms with Crippen molar-refractivity contribution in [2.45, 2.75) is 0 Å². The Morgan fingerprint density at radius 2 is 1.73 bits per heavy atom. The average Bonchev–Trinajstić information content (AvgIpc) is 3.08. The maximum absolute atomic E-state index is 13.6. The number of benzene rings is 2. The van der Waals surface area contributed by atoms with Crippen molar-refractivity contribution in [3.8, 4) is 11.6 Å². The zero-order chi connectivity index (χ0) is 21.3. The minimum atomic E-state index is -0.914. The van der Waals surface area contributed by atoms with Gasteiger partial charge >= 0.3 is 0 Å². The summed E-state index contributed by atoms with van der Waals surface area (Å²) in [5.41, 5.74) is 5.61. The van der Waals surface area contributed by atoms with Crippen molar-refractivity contribution in [1.82, 2.24) is 4.98 Å². The van der Waals surface area contributed by atoms with Crippen molar-refractivity contribution < 1.29 is 27.5 Å². The summed E-state index contributed by atoms with van der Waals surface area (Å²) in [6, 6.07) is 11.9. The van der Waals surface area contributed by atoms with Crippen LogP contribution in [0.3, 0.4) is 0 Å².